The number of rotatable bonds is 5. The second-order valence-corrected chi connectivity index (χ2v) is 4.97. The van der Waals surface area contributed by atoms with E-state index in [2.05, 4.69) is 6.92 Å². The Hall–Kier alpha value is -2.69. The molecule has 1 aliphatic rings. The zero-order valence-corrected chi connectivity index (χ0v) is 13.0. The minimum absolute atomic E-state index is 0.253. The number of carbonyl (C=O) groups is 1. The largest absolute Gasteiger partial charge is 0.493 e. The van der Waals surface area contributed by atoms with Crippen LogP contribution in [0.5, 0.6) is 17.2 Å². The lowest BCUT2D eigenvalue weighted by molar-refractivity contribution is 0.0535. The van der Waals surface area contributed by atoms with Gasteiger partial charge >= 0.3 is 5.97 Å². The van der Waals surface area contributed by atoms with Gasteiger partial charge in [-0.3, -0.25) is 0 Å². The van der Waals surface area contributed by atoms with Crippen molar-refractivity contribution in [2.24, 2.45) is 0 Å². The molecule has 0 unspecified atom stereocenters. The first-order chi connectivity index (χ1) is 11.2. The number of ether oxygens (including phenoxy) is 4. The van der Waals surface area contributed by atoms with Gasteiger partial charge in [-0.15, -0.1) is 0 Å². The molecule has 0 aromatic heterocycles. The van der Waals surface area contributed by atoms with Crippen molar-refractivity contribution < 1.29 is 23.7 Å². The van der Waals surface area contributed by atoms with Crippen molar-refractivity contribution in [3.8, 4) is 28.4 Å². The molecular formula is C18H17O5. The third-order valence-corrected chi connectivity index (χ3v) is 3.74. The molecule has 3 rings (SSSR count). The lowest BCUT2D eigenvalue weighted by Crippen LogP contribution is -2.00. The predicted octanol–water partition coefficient (Wildman–Crippen LogP) is 3.25. The van der Waals surface area contributed by atoms with Crippen LogP contribution in [-0.2, 0) is 11.3 Å². The molecule has 1 heterocycles. The number of methoxy groups -OCH3 is 2. The second-order valence-electron chi connectivity index (χ2n) is 4.97. The highest BCUT2D eigenvalue weighted by atomic mass is 16.5. The summed E-state index contributed by atoms with van der Waals surface area (Å²) in [6, 6.07) is 9.27. The summed E-state index contributed by atoms with van der Waals surface area (Å²) in [5.74, 6) is 1.38. The smallest absolute Gasteiger partial charge is 0.338 e. The summed E-state index contributed by atoms with van der Waals surface area (Å²) in [5, 5.41) is 0. The van der Waals surface area contributed by atoms with E-state index in [1.807, 2.05) is 24.3 Å². The molecule has 0 saturated carbocycles. The van der Waals surface area contributed by atoms with Crippen LogP contribution in [0.15, 0.2) is 30.3 Å². The SMILES string of the molecule is [CH2]COc1c(-c2ccc3c(c2)COC3=O)ccc(OC)c1OC. The Kier molecular flexibility index (Phi) is 4.10. The van der Waals surface area contributed by atoms with E-state index in [1.54, 1.807) is 20.3 Å². The number of benzene rings is 2. The van der Waals surface area contributed by atoms with E-state index in [4.69, 9.17) is 18.9 Å². The van der Waals surface area contributed by atoms with Gasteiger partial charge in [0.2, 0.25) is 5.75 Å². The van der Waals surface area contributed by atoms with E-state index >= 15 is 0 Å². The Balaban J connectivity index is 2.14. The highest BCUT2D eigenvalue weighted by molar-refractivity contribution is 5.94. The molecule has 0 fully saturated rings. The number of hydrogen-bond donors (Lipinski definition) is 0. The summed E-state index contributed by atoms with van der Waals surface area (Å²) in [7, 11) is 3.14. The Labute approximate surface area is 134 Å². The molecule has 2 aromatic carbocycles. The summed E-state index contributed by atoms with van der Waals surface area (Å²) >= 11 is 0. The molecule has 0 N–H and O–H groups in total. The second kappa shape index (κ2) is 6.20. The zero-order chi connectivity index (χ0) is 16.4. The van der Waals surface area contributed by atoms with E-state index in [9.17, 15) is 4.79 Å². The number of hydrogen-bond acceptors (Lipinski definition) is 5. The highest BCUT2D eigenvalue weighted by Crippen LogP contribution is 2.45. The van der Waals surface area contributed by atoms with Crippen molar-refractivity contribution in [2.75, 3.05) is 20.8 Å². The van der Waals surface area contributed by atoms with Crippen molar-refractivity contribution in [3.05, 3.63) is 48.4 Å². The Morgan fingerprint density at radius 2 is 1.87 bits per heavy atom. The first kappa shape index (κ1) is 15.2. The fourth-order valence-electron chi connectivity index (χ4n) is 2.67. The van der Waals surface area contributed by atoms with E-state index in [0.717, 1.165) is 16.7 Å². The minimum atomic E-state index is -0.284. The van der Waals surface area contributed by atoms with Gasteiger partial charge in [-0.25, -0.2) is 4.79 Å². The summed E-state index contributed by atoms with van der Waals surface area (Å²) in [5.41, 5.74) is 3.22. The fraction of sp³-hybridized carbons (Fsp3) is 0.222. The van der Waals surface area contributed by atoms with Crippen LogP contribution in [0.2, 0.25) is 0 Å². The van der Waals surface area contributed by atoms with Gasteiger partial charge in [-0.1, -0.05) is 6.07 Å². The molecule has 0 bridgehead atoms. The fourth-order valence-corrected chi connectivity index (χ4v) is 2.67. The topological polar surface area (TPSA) is 54.0 Å². The van der Waals surface area contributed by atoms with Crippen molar-refractivity contribution in [1.29, 1.82) is 0 Å². The van der Waals surface area contributed by atoms with Gasteiger partial charge in [-0.05, 0) is 36.8 Å². The van der Waals surface area contributed by atoms with E-state index in [1.165, 1.54) is 0 Å². The maximum absolute atomic E-state index is 11.6. The molecule has 5 heteroatoms. The lowest BCUT2D eigenvalue weighted by Gasteiger charge is -2.17. The molecule has 1 radical (unpaired) electrons. The number of esters is 1. The number of cyclic esters (lactones) is 1. The molecule has 0 amide bonds. The van der Waals surface area contributed by atoms with Gasteiger partial charge in [0.1, 0.15) is 6.61 Å². The van der Waals surface area contributed by atoms with E-state index in [-0.39, 0.29) is 12.6 Å². The summed E-state index contributed by atoms with van der Waals surface area (Å²) in [6.07, 6.45) is 0. The van der Waals surface area contributed by atoms with E-state index in [0.29, 0.717) is 29.4 Å². The van der Waals surface area contributed by atoms with Crippen molar-refractivity contribution in [2.45, 2.75) is 6.61 Å². The number of fused-ring (bicyclic) bond motifs is 1. The standard InChI is InChI=1S/C18H17O5/c1-4-22-16-13(7-8-15(20-2)17(16)21-3)11-5-6-14-12(9-11)10-23-18(14)19/h5-9H,1,4,10H2,2-3H3. The lowest BCUT2D eigenvalue weighted by atomic mass is 9.99. The van der Waals surface area contributed by atoms with Crippen LogP contribution >= 0.6 is 0 Å². The Bertz CT molecular complexity index is 751. The third kappa shape index (κ3) is 2.59. The van der Waals surface area contributed by atoms with Gasteiger partial charge in [0, 0.05) is 11.1 Å². The maximum Gasteiger partial charge on any atom is 0.338 e. The summed E-state index contributed by atoms with van der Waals surface area (Å²) < 4.78 is 21.5. The zero-order valence-electron chi connectivity index (χ0n) is 13.0. The van der Waals surface area contributed by atoms with Gasteiger partial charge in [0.15, 0.2) is 11.5 Å². The van der Waals surface area contributed by atoms with E-state index < -0.39 is 0 Å². The third-order valence-electron chi connectivity index (χ3n) is 3.74. The van der Waals surface area contributed by atoms with Crippen molar-refractivity contribution in [3.63, 3.8) is 0 Å². The average Bonchev–Trinajstić information content (AvgIpc) is 2.95. The Morgan fingerprint density at radius 3 is 2.57 bits per heavy atom. The summed E-state index contributed by atoms with van der Waals surface area (Å²) in [6.45, 7) is 4.28. The molecule has 119 valence electrons. The quantitative estimate of drug-likeness (QED) is 0.793. The first-order valence-corrected chi connectivity index (χ1v) is 7.17. The van der Waals surface area contributed by atoms with Crippen LogP contribution in [0.25, 0.3) is 11.1 Å². The molecule has 5 nitrogen and oxygen atoms in total. The molecule has 1 aliphatic heterocycles. The van der Waals surface area contributed by atoms with Crippen LogP contribution in [0, 0.1) is 6.92 Å². The van der Waals surface area contributed by atoms with Crippen LogP contribution in [-0.4, -0.2) is 26.8 Å². The molecular weight excluding hydrogens is 296 g/mol. The van der Waals surface area contributed by atoms with Crippen LogP contribution < -0.4 is 14.2 Å². The maximum atomic E-state index is 11.6. The van der Waals surface area contributed by atoms with Crippen LogP contribution in [0.3, 0.4) is 0 Å². The molecule has 0 saturated heterocycles. The Morgan fingerprint density at radius 1 is 1.09 bits per heavy atom. The first-order valence-electron chi connectivity index (χ1n) is 7.17. The number of carbonyl (C=O) groups excluding carboxylic acids is 1. The molecule has 0 atom stereocenters. The van der Waals surface area contributed by atoms with Gasteiger partial charge < -0.3 is 18.9 Å². The van der Waals surface area contributed by atoms with Gasteiger partial charge in [0.05, 0.1) is 26.4 Å². The normalized spacial score (nSPS) is 12.6. The van der Waals surface area contributed by atoms with Crippen molar-refractivity contribution in [1.82, 2.24) is 0 Å². The van der Waals surface area contributed by atoms with Crippen LogP contribution in [0.4, 0.5) is 0 Å². The molecule has 0 aliphatic carbocycles. The molecule has 2 aromatic rings. The molecule has 0 spiro atoms. The van der Waals surface area contributed by atoms with Crippen molar-refractivity contribution >= 4 is 5.97 Å². The summed E-state index contributed by atoms with van der Waals surface area (Å²) in [4.78, 5) is 11.6. The molecule has 23 heavy (non-hydrogen) atoms. The van der Waals surface area contributed by atoms with Gasteiger partial charge in [-0.2, -0.15) is 0 Å². The average molecular weight is 313 g/mol. The predicted molar refractivity (Wildman–Crippen MR) is 85.0 cm³/mol. The van der Waals surface area contributed by atoms with Gasteiger partial charge in [0.25, 0.3) is 0 Å². The monoisotopic (exact) mass is 313 g/mol. The highest BCUT2D eigenvalue weighted by Gasteiger charge is 2.23. The minimum Gasteiger partial charge on any atom is -0.493 e. The van der Waals surface area contributed by atoms with Crippen LogP contribution in [0.1, 0.15) is 15.9 Å².